The monoisotopic (exact) mass is 361 g/mol. The fraction of sp³-hybridized carbons (Fsp3) is 0.667. The molecule has 1 atom stereocenters. The molecule has 2 saturated heterocycles. The van der Waals surface area contributed by atoms with E-state index in [1.54, 1.807) is 23.2 Å². The molecule has 2 aliphatic rings. The Hall–Kier alpha value is -2.22. The van der Waals surface area contributed by atoms with E-state index in [0.29, 0.717) is 38.6 Å². The first kappa shape index (κ1) is 18.6. The van der Waals surface area contributed by atoms with E-state index >= 15 is 0 Å². The summed E-state index contributed by atoms with van der Waals surface area (Å²) in [7, 11) is 1.76. The maximum absolute atomic E-state index is 12.3. The van der Waals surface area contributed by atoms with Gasteiger partial charge in [0.05, 0.1) is 18.8 Å². The zero-order valence-corrected chi connectivity index (χ0v) is 15.3. The molecule has 8 heteroatoms. The van der Waals surface area contributed by atoms with Gasteiger partial charge in [0, 0.05) is 51.7 Å². The molecule has 0 aromatic carbocycles. The van der Waals surface area contributed by atoms with Crippen molar-refractivity contribution in [1.82, 2.24) is 19.8 Å². The Morgan fingerprint density at radius 1 is 1.42 bits per heavy atom. The van der Waals surface area contributed by atoms with E-state index in [2.05, 4.69) is 15.3 Å². The predicted molar refractivity (Wildman–Crippen MR) is 96.8 cm³/mol. The van der Waals surface area contributed by atoms with Crippen LogP contribution in [-0.4, -0.2) is 78.0 Å². The van der Waals surface area contributed by atoms with Gasteiger partial charge in [0.1, 0.15) is 12.1 Å². The van der Waals surface area contributed by atoms with E-state index in [4.69, 9.17) is 4.74 Å². The minimum atomic E-state index is -0.0338. The molecule has 8 nitrogen and oxygen atoms in total. The molecule has 1 N–H and O–H groups in total. The summed E-state index contributed by atoms with van der Waals surface area (Å²) >= 11 is 0. The summed E-state index contributed by atoms with van der Waals surface area (Å²) in [4.78, 5) is 36.0. The van der Waals surface area contributed by atoms with Gasteiger partial charge in [-0.05, 0) is 19.3 Å². The summed E-state index contributed by atoms with van der Waals surface area (Å²) in [6.07, 6.45) is 5.01. The lowest BCUT2D eigenvalue weighted by Crippen LogP contribution is -2.44. The van der Waals surface area contributed by atoms with Gasteiger partial charge in [-0.1, -0.05) is 0 Å². The van der Waals surface area contributed by atoms with Gasteiger partial charge in [0.2, 0.25) is 11.8 Å². The van der Waals surface area contributed by atoms with Crippen LogP contribution in [0, 0.1) is 0 Å². The zero-order valence-electron chi connectivity index (χ0n) is 15.3. The molecule has 3 heterocycles. The highest BCUT2D eigenvalue weighted by atomic mass is 16.5. The van der Waals surface area contributed by atoms with Gasteiger partial charge in [-0.25, -0.2) is 9.97 Å². The molecular formula is C18H27N5O3. The number of nitrogens with zero attached hydrogens (tertiary/aromatic N) is 4. The number of ether oxygens (including phenoxy) is 1. The van der Waals surface area contributed by atoms with Gasteiger partial charge >= 0.3 is 0 Å². The molecule has 26 heavy (non-hydrogen) atoms. The van der Waals surface area contributed by atoms with Crippen LogP contribution in [0.1, 0.15) is 37.3 Å². The van der Waals surface area contributed by atoms with Crippen molar-refractivity contribution < 1.29 is 14.3 Å². The van der Waals surface area contributed by atoms with Crippen molar-refractivity contribution in [3.05, 3.63) is 18.1 Å². The number of piperidine rings is 1. The van der Waals surface area contributed by atoms with Crippen molar-refractivity contribution in [3.8, 4) is 0 Å². The van der Waals surface area contributed by atoms with Crippen LogP contribution in [0.5, 0.6) is 0 Å². The summed E-state index contributed by atoms with van der Waals surface area (Å²) in [5.41, 5.74) is 0.994. The van der Waals surface area contributed by atoms with Crippen LogP contribution in [0.2, 0.25) is 0 Å². The summed E-state index contributed by atoms with van der Waals surface area (Å²) in [6, 6.07) is 1.95. The van der Waals surface area contributed by atoms with E-state index < -0.39 is 0 Å². The molecule has 1 aromatic rings. The largest absolute Gasteiger partial charge is 0.381 e. The van der Waals surface area contributed by atoms with E-state index in [1.807, 2.05) is 6.07 Å². The van der Waals surface area contributed by atoms with Gasteiger partial charge in [-0.15, -0.1) is 0 Å². The number of likely N-dealkylation sites (tertiary alicyclic amines) is 1. The van der Waals surface area contributed by atoms with Crippen molar-refractivity contribution >= 4 is 17.6 Å². The van der Waals surface area contributed by atoms with Gasteiger partial charge in [-0.3, -0.25) is 9.59 Å². The first-order valence-corrected chi connectivity index (χ1v) is 9.29. The fourth-order valence-corrected chi connectivity index (χ4v) is 3.25. The minimum Gasteiger partial charge on any atom is -0.381 e. The summed E-state index contributed by atoms with van der Waals surface area (Å²) in [5, 5.41) is 3.24. The standard InChI is InChI=1S/C18H27N5O3/c1-22(18(25)11-23-7-3-2-4-17(23)24)8-6-19-16-10-15(20-13-21-16)14-5-9-26-12-14/h10,13-14H,2-9,11-12H2,1H3,(H,19,20,21). The van der Waals surface area contributed by atoms with E-state index in [0.717, 1.165) is 37.4 Å². The number of likely N-dealkylation sites (N-methyl/N-ethyl adjacent to an activating group) is 1. The second kappa shape index (κ2) is 8.93. The third kappa shape index (κ3) is 4.91. The topological polar surface area (TPSA) is 87.7 Å². The Labute approximate surface area is 153 Å². The molecule has 0 saturated carbocycles. The number of rotatable bonds is 7. The van der Waals surface area contributed by atoms with Crippen molar-refractivity contribution in [2.75, 3.05) is 51.8 Å². The predicted octanol–water partition coefficient (Wildman–Crippen LogP) is 0.863. The highest BCUT2D eigenvalue weighted by molar-refractivity contribution is 5.85. The van der Waals surface area contributed by atoms with Crippen LogP contribution < -0.4 is 5.32 Å². The highest BCUT2D eigenvalue weighted by Gasteiger charge is 2.22. The second-order valence-corrected chi connectivity index (χ2v) is 6.90. The molecule has 1 aromatic heterocycles. The van der Waals surface area contributed by atoms with Crippen molar-refractivity contribution in [1.29, 1.82) is 0 Å². The number of hydrogen-bond acceptors (Lipinski definition) is 6. The summed E-state index contributed by atoms with van der Waals surface area (Å²) < 4.78 is 5.41. The number of carbonyl (C=O) groups excluding carboxylic acids is 2. The summed E-state index contributed by atoms with van der Waals surface area (Å²) in [5.74, 6) is 1.15. The fourth-order valence-electron chi connectivity index (χ4n) is 3.25. The second-order valence-electron chi connectivity index (χ2n) is 6.90. The SMILES string of the molecule is CN(CCNc1cc(C2CCOC2)ncn1)C(=O)CN1CCCCC1=O. The maximum atomic E-state index is 12.3. The van der Waals surface area contributed by atoms with E-state index in [1.165, 1.54) is 0 Å². The number of carbonyl (C=O) groups is 2. The van der Waals surface area contributed by atoms with E-state index in [9.17, 15) is 9.59 Å². The Kier molecular flexibility index (Phi) is 6.38. The molecule has 2 amide bonds. The molecule has 142 valence electrons. The zero-order chi connectivity index (χ0) is 18.4. The molecule has 0 bridgehead atoms. The third-order valence-corrected chi connectivity index (χ3v) is 4.96. The number of hydrogen-bond donors (Lipinski definition) is 1. The highest BCUT2D eigenvalue weighted by Crippen LogP contribution is 2.24. The summed E-state index contributed by atoms with van der Waals surface area (Å²) in [6.45, 7) is 3.49. The van der Waals surface area contributed by atoms with Crippen molar-refractivity contribution in [2.24, 2.45) is 0 Å². The van der Waals surface area contributed by atoms with E-state index in [-0.39, 0.29) is 18.4 Å². The third-order valence-electron chi connectivity index (χ3n) is 4.96. The molecule has 2 fully saturated rings. The average molecular weight is 361 g/mol. The van der Waals surface area contributed by atoms with Crippen LogP contribution in [0.15, 0.2) is 12.4 Å². The maximum Gasteiger partial charge on any atom is 0.241 e. The Bertz CT molecular complexity index is 633. The number of amides is 2. The van der Waals surface area contributed by atoms with Gasteiger partial charge in [0.25, 0.3) is 0 Å². The molecule has 0 aliphatic carbocycles. The normalized spacial score (nSPS) is 20.3. The lowest BCUT2D eigenvalue weighted by atomic mass is 10.1. The number of aromatic nitrogens is 2. The quantitative estimate of drug-likeness (QED) is 0.775. The Morgan fingerprint density at radius 2 is 2.31 bits per heavy atom. The molecule has 1 unspecified atom stereocenters. The Balaban J connectivity index is 1.43. The minimum absolute atomic E-state index is 0.0338. The van der Waals surface area contributed by atoms with Gasteiger partial charge in [0.15, 0.2) is 0 Å². The Morgan fingerprint density at radius 3 is 3.08 bits per heavy atom. The first-order valence-electron chi connectivity index (χ1n) is 9.29. The van der Waals surface area contributed by atoms with Crippen molar-refractivity contribution in [2.45, 2.75) is 31.6 Å². The average Bonchev–Trinajstić information content (AvgIpc) is 3.18. The molecular weight excluding hydrogens is 334 g/mol. The number of anilines is 1. The molecule has 0 spiro atoms. The van der Waals surface area contributed by atoms with Crippen LogP contribution in [-0.2, 0) is 14.3 Å². The van der Waals surface area contributed by atoms with Gasteiger partial charge < -0.3 is 19.9 Å². The smallest absolute Gasteiger partial charge is 0.241 e. The van der Waals surface area contributed by atoms with Crippen LogP contribution in [0.25, 0.3) is 0 Å². The van der Waals surface area contributed by atoms with Gasteiger partial charge in [-0.2, -0.15) is 0 Å². The lowest BCUT2D eigenvalue weighted by Gasteiger charge is -2.28. The molecule has 3 rings (SSSR count). The number of nitrogens with one attached hydrogen (secondary N) is 1. The molecule has 2 aliphatic heterocycles. The van der Waals surface area contributed by atoms with Crippen LogP contribution >= 0.6 is 0 Å². The molecule has 0 radical (unpaired) electrons. The van der Waals surface area contributed by atoms with Crippen molar-refractivity contribution in [3.63, 3.8) is 0 Å². The van der Waals surface area contributed by atoms with Crippen LogP contribution in [0.4, 0.5) is 5.82 Å². The first-order chi connectivity index (χ1) is 12.6. The van der Waals surface area contributed by atoms with Crippen LogP contribution in [0.3, 0.4) is 0 Å². The lowest BCUT2D eigenvalue weighted by molar-refractivity contribution is -0.141.